The minimum absolute atomic E-state index is 0.435. The molecule has 0 spiro atoms. The van der Waals surface area contributed by atoms with Gasteiger partial charge in [0.2, 0.25) is 0 Å². The molecule has 0 fully saturated rings. The molecule has 22 heavy (non-hydrogen) atoms. The lowest BCUT2D eigenvalue weighted by Gasteiger charge is -2.20. The van der Waals surface area contributed by atoms with Gasteiger partial charge in [-0.25, -0.2) is 9.59 Å². The van der Waals surface area contributed by atoms with E-state index >= 15 is 0 Å². The van der Waals surface area contributed by atoms with Crippen molar-refractivity contribution in [2.45, 2.75) is 26.1 Å². The van der Waals surface area contributed by atoms with E-state index in [1.807, 2.05) is 12.1 Å². The molecule has 0 aliphatic heterocycles. The Morgan fingerprint density at radius 2 is 1.00 bits per heavy atom. The number of rotatable bonds is 5. The largest absolute Gasteiger partial charge is 0.455 e. The second kappa shape index (κ2) is 7.41. The average Bonchev–Trinajstić information content (AvgIpc) is 2.56. The standard InChI is InChI=1S/C18H18O4/c1-13(21-17(19)15-9-5-3-6-10-15)14(2)22-18(20)16-11-7-4-8-12-16/h3-14H,1-2H3/t13-,14-/m1/s1. The van der Waals surface area contributed by atoms with Gasteiger partial charge in [-0.15, -0.1) is 0 Å². The molecule has 0 N–H and O–H groups in total. The van der Waals surface area contributed by atoms with Crippen LogP contribution in [0.25, 0.3) is 0 Å². The van der Waals surface area contributed by atoms with Gasteiger partial charge in [0.15, 0.2) is 0 Å². The zero-order valence-corrected chi connectivity index (χ0v) is 12.6. The maximum Gasteiger partial charge on any atom is 0.338 e. The molecule has 0 saturated heterocycles. The normalized spacial score (nSPS) is 13.0. The van der Waals surface area contributed by atoms with Crippen molar-refractivity contribution in [2.24, 2.45) is 0 Å². The predicted octanol–water partition coefficient (Wildman–Crippen LogP) is 3.48. The lowest BCUT2D eigenvalue weighted by molar-refractivity contribution is -0.0239. The van der Waals surface area contributed by atoms with E-state index in [1.165, 1.54) is 0 Å². The molecular formula is C18H18O4. The Hall–Kier alpha value is -2.62. The maximum atomic E-state index is 12.0. The molecule has 0 saturated carbocycles. The summed E-state index contributed by atoms with van der Waals surface area (Å²) in [4.78, 5) is 23.9. The van der Waals surface area contributed by atoms with Crippen LogP contribution in [0.4, 0.5) is 0 Å². The number of hydrogen-bond acceptors (Lipinski definition) is 4. The first kappa shape index (κ1) is 15.8. The SMILES string of the molecule is C[C@@H](OC(=O)c1ccccc1)[C@@H](C)OC(=O)c1ccccc1. The van der Waals surface area contributed by atoms with Gasteiger partial charge < -0.3 is 9.47 Å². The van der Waals surface area contributed by atoms with Crippen molar-refractivity contribution in [3.63, 3.8) is 0 Å². The van der Waals surface area contributed by atoms with Gasteiger partial charge in [-0.05, 0) is 38.1 Å². The number of benzene rings is 2. The van der Waals surface area contributed by atoms with Crippen molar-refractivity contribution in [2.75, 3.05) is 0 Å². The lowest BCUT2D eigenvalue weighted by Crippen LogP contribution is -2.30. The molecular weight excluding hydrogens is 280 g/mol. The van der Waals surface area contributed by atoms with Gasteiger partial charge in [-0.1, -0.05) is 36.4 Å². The summed E-state index contributed by atoms with van der Waals surface area (Å²) >= 11 is 0. The number of esters is 2. The van der Waals surface area contributed by atoms with Crippen molar-refractivity contribution in [3.8, 4) is 0 Å². The summed E-state index contributed by atoms with van der Waals surface area (Å²) in [5, 5.41) is 0. The predicted molar refractivity (Wildman–Crippen MR) is 82.6 cm³/mol. The van der Waals surface area contributed by atoms with Gasteiger partial charge in [0, 0.05) is 0 Å². The summed E-state index contributed by atoms with van der Waals surface area (Å²) < 4.78 is 10.6. The highest BCUT2D eigenvalue weighted by Crippen LogP contribution is 2.11. The first-order chi connectivity index (χ1) is 10.6. The molecule has 2 atom stereocenters. The molecule has 2 rings (SSSR count). The minimum atomic E-state index is -0.541. The van der Waals surface area contributed by atoms with E-state index in [-0.39, 0.29) is 0 Å². The molecule has 4 nitrogen and oxygen atoms in total. The van der Waals surface area contributed by atoms with Crippen molar-refractivity contribution in [1.82, 2.24) is 0 Å². The maximum absolute atomic E-state index is 12.0. The van der Waals surface area contributed by atoms with Crippen molar-refractivity contribution < 1.29 is 19.1 Å². The molecule has 4 heteroatoms. The molecule has 0 radical (unpaired) electrons. The van der Waals surface area contributed by atoms with Gasteiger partial charge >= 0.3 is 11.9 Å². The van der Waals surface area contributed by atoms with E-state index < -0.39 is 24.1 Å². The Morgan fingerprint density at radius 3 is 1.32 bits per heavy atom. The molecule has 0 aromatic heterocycles. The van der Waals surface area contributed by atoms with Crippen LogP contribution in [0.1, 0.15) is 34.6 Å². The Kier molecular flexibility index (Phi) is 5.31. The number of carbonyl (C=O) groups excluding carboxylic acids is 2. The monoisotopic (exact) mass is 298 g/mol. The van der Waals surface area contributed by atoms with Crippen molar-refractivity contribution in [1.29, 1.82) is 0 Å². The quantitative estimate of drug-likeness (QED) is 0.793. The lowest BCUT2D eigenvalue weighted by atomic mass is 10.2. The molecule has 0 bridgehead atoms. The van der Waals surface area contributed by atoms with Gasteiger partial charge in [-0.3, -0.25) is 0 Å². The average molecular weight is 298 g/mol. The first-order valence-electron chi connectivity index (χ1n) is 7.10. The molecule has 2 aromatic rings. The van der Waals surface area contributed by atoms with Gasteiger partial charge in [0.05, 0.1) is 11.1 Å². The molecule has 2 aromatic carbocycles. The van der Waals surface area contributed by atoms with Crippen LogP contribution in [0.2, 0.25) is 0 Å². The molecule has 114 valence electrons. The van der Waals surface area contributed by atoms with Crippen LogP contribution < -0.4 is 0 Å². The Bertz CT molecular complexity index is 565. The van der Waals surface area contributed by atoms with Crippen LogP contribution in [0, 0.1) is 0 Å². The van der Waals surface area contributed by atoms with Crippen molar-refractivity contribution >= 4 is 11.9 Å². The molecule has 0 aliphatic carbocycles. The topological polar surface area (TPSA) is 52.6 Å². The van der Waals surface area contributed by atoms with Crippen molar-refractivity contribution in [3.05, 3.63) is 71.8 Å². The van der Waals surface area contributed by atoms with Crippen LogP contribution in [0.15, 0.2) is 60.7 Å². The van der Waals surface area contributed by atoms with Crippen LogP contribution in [-0.2, 0) is 9.47 Å². The zero-order chi connectivity index (χ0) is 15.9. The van der Waals surface area contributed by atoms with E-state index in [2.05, 4.69) is 0 Å². The second-order valence-electron chi connectivity index (χ2n) is 4.95. The highest BCUT2D eigenvalue weighted by molar-refractivity contribution is 5.90. The van der Waals surface area contributed by atoms with E-state index in [0.717, 1.165) is 0 Å². The summed E-state index contributed by atoms with van der Waals surface area (Å²) in [5.74, 6) is -0.869. The summed E-state index contributed by atoms with van der Waals surface area (Å²) in [7, 11) is 0. The Morgan fingerprint density at radius 1 is 0.682 bits per heavy atom. The summed E-state index contributed by atoms with van der Waals surface area (Å²) in [6.07, 6.45) is -1.08. The van der Waals surface area contributed by atoms with E-state index in [4.69, 9.17) is 9.47 Å². The van der Waals surface area contributed by atoms with Gasteiger partial charge in [0.1, 0.15) is 12.2 Å². The van der Waals surface area contributed by atoms with Crippen LogP contribution in [0.5, 0.6) is 0 Å². The Balaban J connectivity index is 1.91. The van der Waals surface area contributed by atoms with E-state index in [9.17, 15) is 9.59 Å². The highest BCUT2D eigenvalue weighted by Gasteiger charge is 2.21. The fraction of sp³-hybridized carbons (Fsp3) is 0.222. The molecule has 0 unspecified atom stereocenters. The molecule has 0 amide bonds. The fourth-order valence-electron chi connectivity index (χ4n) is 1.81. The summed E-state index contributed by atoms with van der Waals surface area (Å²) in [6.45, 7) is 3.40. The third-order valence-corrected chi connectivity index (χ3v) is 3.27. The minimum Gasteiger partial charge on any atom is -0.455 e. The van der Waals surface area contributed by atoms with Gasteiger partial charge in [-0.2, -0.15) is 0 Å². The number of carbonyl (C=O) groups is 2. The molecule has 0 heterocycles. The first-order valence-corrected chi connectivity index (χ1v) is 7.10. The third-order valence-electron chi connectivity index (χ3n) is 3.27. The number of hydrogen-bond donors (Lipinski definition) is 0. The Labute approximate surface area is 129 Å². The van der Waals surface area contributed by atoms with E-state index in [1.54, 1.807) is 62.4 Å². The number of ether oxygens (including phenoxy) is 2. The van der Waals surface area contributed by atoms with Crippen LogP contribution in [-0.4, -0.2) is 24.1 Å². The van der Waals surface area contributed by atoms with Crippen LogP contribution >= 0.6 is 0 Å². The summed E-state index contributed by atoms with van der Waals surface area (Å²) in [5.41, 5.74) is 0.937. The summed E-state index contributed by atoms with van der Waals surface area (Å²) in [6, 6.07) is 17.4. The van der Waals surface area contributed by atoms with Crippen LogP contribution in [0.3, 0.4) is 0 Å². The smallest absolute Gasteiger partial charge is 0.338 e. The molecule has 0 aliphatic rings. The second-order valence-corrected chi connectivity index (χ2v) is 4.95. The highest BCUT2D eigenvalue weighted by atomic mass is 16.6. The zero-order valence-electron chi connectivity index (χ0n) is 12.6. The van der Waals surface area contributed by atoms with Gasteiger partial charge in [0.25, 0.3) is 0 Å². The third kappa shape index (κ3) is 4.19. The van der Waals surface area contributed by atoms with E-state index in [0.29, 0.717) is 11.1 Å². The fourth-order valence-corrected chi connectivity index (χ4v) is 1.81.